The Labute approximate surface area is 219 Å². The minimum absolute atomic E-state index is 0.0402. The van der Waals surface area contributed by atoms with E-state index in [4.69, 9.17) is 0 Å². The van der Waals surface area contributed by atoms with Crippen LogP contribution in [0.5, 0.6) is 0 Å². The summed E-state index contributed by atoms with van der Waals surface area (Å²) < 4.78 is 3.67. The summed E-state index contributed by atoms with van der Waals surface area (Å²) in [7, 11) is 0. The van der Waals surface area contributed by atoms with E-state index in [1.165, 1.54) is 5.57 Å². The molecule has 4 heteroatoms. The van der Waals surface area contributed by atoms with E-state index >= 15 is 0 Å². The highest BCUT2D eigenvalue weighted by Gasteiger charge is 2.11. The van der Waals surface area contributed by atoms with Gasteiger partial charge in [-0.05, 0) is 49.8 Å². The number of aliphatic hydroxyl groups excluding tert-OH is 1. The number of rotatable bonds is 9. The molecule has 0 atom stereocenters. The molecular formula is C32H48N2O2. The molecule has 0 radical (unpaired) electrons. The topological polar surface area (TPSA) is 47.2 Å². The number of hydrogen-bond acceptors (Lipinski definition) is 2. The fourth-order valence-electron chi connectivity index (χ4n) is 3.38. The van der Waals surface area contributed by atoms with E-state index in [0.29, 0.717) is 25.3 Å². The first-order valence-corrected chi connectivity index (χ1v) is 13.4. The van der Waals surface area contributed by atoms with Crippen LogP contribution in [-0.2, 0) is 19.5 Å². The summed E-state index contributed by atoms with van der Waals surface area (Å²) in [6, 6.07) is 10.1. The fourth-order valence-corrected chi connectivity index (χ4v) is 3.38. The Bertz CT molecular complexity index is 1020. The highest BCUT2D eigenvalue weighted by atomic mass is 16.3. The molecule has 1 aromatic carbocycles. The number of benzene rings is 1. The van der Waals surface area contributed by atoms with Crippen molar-refractivity contribution in [3.8, 4) is 0 Å². The maximum Gasteiger partial charge on any atom is 0.328 e. The molecule has 1 heterocycles. The van der Waals surface area contributed by atoms with Gasteiger partial charge in [-0.2, -0.15) is 0 Å². The predicted octanol–water partition coefficient (Wildman–Crippen LogP) is 8.56. The molecule has 0 aliphatic heterocycles. The second kappa shape index (κ2) is 21.0. The van der Waals surface area contributed by atoms with Gasteiger partial charge in [0, 0.05) is 24.9 Å². The van der Waals surface area contributed by atoms with Crippen LogP contribution in [0.1, 0.15) is 78.5 Å². The molecule has 4 nitrogen and oxygen atoms in total. The van der Waals surface area contributed by atoms with Crippen LogP contribution in [0.25, 0.3) is 0 Å². The quantitative estimate of drug-likeness (QED) is 0.356. The van der Waals surface area contributed by atoms with E-state index < -0.39 is 0 Å². The molecule has 0 amide bonds. The second-order valence-electron chi connectivity index (χ2n) is 7.75. The van der Waals surface area contributed by atoms with Crippen molar-refractivity contribution >= 4 is 0 Å². The number of nitrogens with zero attached hydrogens (tertiary/aromatic N) is 2. The van der Waals surface area contributed by atoms with E-state index in [0.717, 1.165) is 36.9 Å². The van der Waals surface area contributed by atoms with Crippen molar-refractivity contribution in [1.82, 2.24) is 9.13 Å². The molecule has 0 saturated carbocycles. The fraction of sp³-hybridized carbons (Fsp3) is 0.406. The SMILES string of the molecule is C/C=C/Cn1c(CCCC2=CC=C(O)CC=C2)cn(Cc2ccccc2)c1=O.C=CCC.CC.CC. The van der Waals surface area contributed by atoms with Gasteiger partial charge in [0.25, 0.3) is 0 Å². The van der Waals surface area contributed by atoms with Crippen molar-refractivity contribution in [2.75, 3.05) is 0 Å². The molecular weight excluding hydrogens is 444 g/mol. The number of aliphatic hydroxyl groups is 1. The van der Waals surface area contributed by atoms with Crippen LogP contribution in [0.2, 0.25) is 0 Å². The molecule has 0 unspecified atom stereocenters. The standard InChI is InChI=1S/C24H28N2O2.C4H8.2C2H6/c1-2-3-17-26-22(13-7-11-20-12-8-14-23(27)16-15-20)19-25(24(26)28)18-21-9-5-4-6-10-21;1-3-4-2;2*1-2/h2-6,8-10,12,15-16,19,27H,7,11,13-14,17-18H2,1H3;3H,1,4H2,2H3;2*1-2H3/b3-2+;;;. The van der Waals surface area contributed by atoms with Gasteiger partial charge in [0.05, 0.1) is 12.3 Å². The third-order valence-corrected chi connectivity index (χ3v) is 5.18. The average molecular weight is 493 g/mol. The van der Waals surface area contributed by atoms with Gasteiger partial charge >= 0.3 is 5.69 Å². The molecule has 0 saturated heterocycles. The number of allylic oxidation sites excluding steroid dienone is 8. The molecule has 1 aliphatic carbocycles. The van der Waals surface area contributed by atoms with E-state index in [1.54, 1.807) is 10.6 Å². The van der Waals surface area contributed by atoms with Crippen molar-refractivity contribution in [3.63, 3.8) is 0 Å². The summed E-state index contributed by atoms with van der Waals surface area (Å²) in [5.41, 5.74) is 3.43. The minimum Gasteiger partial charge on any atom is -0.512 e. The Morgan fingerprint density at radius 3 is 2.33 bits per heavy atom. The van der Waals surface area contributed by atoms with E-state index in [2.05, 4.69) is 19.6 Å². The largest absolute Gasteiger partial charge is 0.512 e. The third-order valence-electron chi connectivity index (χ3n) is 5.18. The lowest BCUT2D eigenvalue weighted by Crippen LogP contribution is -2.25. The molecule has 1 N–H and O–H groups in total. The lowest BCUT2D eigenvalue weighted by atomic mass is 10.1. The van der Waals surface area contributed by atoms with Gasteiger partial charge < -0.3 is 5.11 Å². The average Bonchev–Trinajstić information content (AvgIpc) is 3.06. The molecule has 0 bridgehead atoms. The summed E-state index contributed by atoms with van der Waals surface area (Å²) in [6.07, 6.45) is 20.1. The Morgan fingerprint density at radius 1 is 1.06 bits per heavy atom. The molecule has 1 aromatic heterocycles. The summed E-state index contributed by atoms with van der Waals surface area (Å²) in [5.74, 6) is 0.393. The van der Waals surface area contributed by atoms with Crippen molar-refractivity contribution in [3.05, 3.63) is 119 Å². The van der Waals surface area contributed by atoms with Gasteiger partial charge in [-0.1, -0.05) is 101 Å². The van der Waals surface area contributed by atoms with Gasteiger partial charge in [0.15, 0.2) is 0 Å². The van der Waals surface area contributed by atoms with Gasteiger partial charge in [-0.25, -0.2) is 4.79 Å². The maximum absolute atomic E-state index is 12.9. The van der Waals surface area contributed by atoms with Crippen LogP contribution in [0.3, 0.4) is 0 Å². The molecule has 1 aliphatic rings. The van der Waals surface area contributed by atoms with Gasteiger partial charge in [0.1, 0.15) is 0 Å². The summed E-state index contributed by atoms with van der Waals surface area (Å²) in [5, 5.41) is 9.60. The summed E-state index contributed by atoms with van der Waals surface area (Å²) >= 11 is 0. The summed E-state index contributed by atoms with van der Waals surface area (Å²) in [4.78, 5) is 12.9. The van der Waals surface area contributed by atoms with Gasteiger partial charge in [-0.15, -0.1) is 6.58 Å². The lowest BCUT2D eigenvalue weighted by molar-refractivity contribution is 0.402. The van der Waals surface area contributed by atoms with Crippen molar-refractivity contribution in [2.24, 2.45) is 0 Å². The number of hydrogen-bond donors (Lipinski definition) is 1. The Morgan fingerprint density at radius 2 is 1.72 bits per heavy atom. The van der Waals surface area contributed by atoms with Crippen LogP contribution in [0.4, 0.5) is 0 Å². The Kier molecular flexibility index (Phi) is 19.1. The lowest BCUT2D eigenvalue weighted by Gasteiger charge is -2.05. The summed E-state index contributed by atoms with van der Waals surface area (Å²) in [6.45, 7) is 16.7. The van der Waals surface area contributed by atoms with E-state index in [1.807, 2.05) is 106 Å². The van der Waals surface area contributed by atoms with Crippen molar-refractivity contribution < 1.29 is 5.11 Å². The normalized spacial score (nSPS) is 12.1. The number of imidazole rings is 1. The van der Waals surface area contributed by atoms with Gasteiger partial charge in [-0.3, -0.25) is 9.13 Å². The van der Waals surface area contributed by atoms with Crippen molar-refractivity contribution in [2.45, 2.75) is 86.7 Å². The Balaban J connectivity index is 0.00000137. The van der Waals surface area contributed by atoms with Gasteiger partial charge in [0.2, 0.25) is 0 Å². The monoisotopic (exact) mass is 492 g/mol. The first kappa shape index (κ1) is 32.7. The molecule has 36 heavy (non-hydrogen) atoms. The van der Waals surface area contributed by atoms with Crippen LogP contribution in [-0.4, -0.2) is 14.2 Å². The number of aryl methyl sites for hydroxylation is 1. The van der Waals surface area contributed by atoms with Crippen LogP contribution in [0.15, 0.2) is 102 Å². The second-order valence-corrected chi connectivity index (χ2v) is 7.75. The first-order valence-electron chi connectivity index (χ1n) is 13.4. The zero-order valence-corrected chi connectivity index (χ0v) is 23.4. The molecule has 2 aromatic rings. The van der Waals surface area contributed by atoms with Crippen LogP contribution in [0, 0.1) is 0 Å². The molecule has 198 valence electrons. The van der Waals surface area contributed by atoms with Crippen molar-refractivity contribution in [1.29, 1.82) is 0 Å². The minimum atomic E-state index is 0.0402. The molecule has 3 rings (SSSR count). The molecule has 0 spiro atoms. The molecule has 0 fully saturated rings. The highest BCUT2D eigenvalue weighted by Crippen LogP contribution is 2.16. The smallest absolute Gasteiger partial charge is 0.328 e. The van der Waals surface area contributed by atoms with Crippen LogP contribution >= 0.6 is 0 Å². The third kappa shape index (κ3) is 12.4. The Hall–Kier alpha value is -3.27. The zero-order valence-electron chi connectivity index (χ0n) is 23.4. The number of aromatic nitrogens is 2. The van der Waals surface area contributed by atoms with Crippen LogP contribution < -0.4 is 5.69 Å². The van der Waals surface area contributed by atoms with E-state index in [9.17, 15) is 9.90 Å². The zero-order chi connectivity index (χ0) is 27.2. The van der Waals surface area contributed by atoms with E-state index in [-0.39, 0.29) is 5.69 Å². The maximum atomic E-state index is 12.9. The highest BCUT2D eigenvalue weighted by molar-refractivity contribution is 5.29. The predicted molar refractivity (Wildman–Crippen MR) is 158 cm³/mol. The first-order chi connectivity index (χ1) is 17.6.